The average Bonchev–Trinajstić information content (AvgIpc) is 2.69. The van der Waals surface area contributed by atoms with E-state index in [4.69, 9.17) is 0 Å². The van der Waals surface area contributed by atoms with Gasteiger partial charge in [0.15, 0.2) is 0 Å². The monoisotopic (exact) mass is 373 g/mol. The van der Waals surface area contributed by atoms with Crippen LogP contribution < -0.4 is 16.0 Å². The minimum Gasteiger partial charge on any atom is -0.319 e. The Morgan fingerprint density at radius 3 is 1.89 bits per heavy atom. The molecule has 0 spiro atoms. The lowest BCUT2D eigenvalue weighted by Crippen LogP contribution is -2.23. The highest BCUT2D eigenvalue weighted by atomic mass is 16.2. The van der Waals surface area contributed by atoms with Gasteiger partial charge in [0.2, 0.25) is 0 Å². The second-order valence-corrected chi connectivity index (χ2v) is 6.18. The highest BCUT2D eigenvalue weighted by Crippen LogP contribution is 2.16. The van der Waals surface area contributed by atoms with Crippen LogP contribution in [0.2, 0.25) is 0 Å². The highest BCUT2D eigenvalue weighted by molar-refractivity contribution is 6.46. The van der Waals surface area contributed by atoms with E-state index in [1.54, 1.807) is 60.7 Å². The summed E-state index contributed by atoms with van der Waals surface area (Å²) in [5.41, 5.74) is 2.87. The topological polar surface area (TPSA) is 87.3 Å². The first-order chi connectivity index (χ1) is 13.5. The van der Waals surface area contributed by atoms with Gasteiger partial charge in [-0.1, -0.05) is 54.1 Å². The van der Waals surface area contributed by atoms with E-state index in [2.05, 4.69) is 16.0 Å². The van der Waals surface area contributed by atoms with E-state index in [0.717, 1.165) is 5.56 Å². The number of para-hydroxylation sites is 1. The number of urea groups is 1. The molecule has 0 unspecified atom stereocenters. The molecule has 3 N–H and O–H groups in total. The smallest absolute Gasteiger partial charge is 0.319 e. The Hall–Kier alpha value is -3.93. The third-order valence-corrected chi connectivity index (χ3v) is 3.93. The molecule has 0 aliphatic carbocycles. The number of aryl methyl sites for hydroxylation is 1. The summed E-state index contributed by atoms with van der Waals surface area (Å²) in [6.45, 7) is 1.90. The first kappa shape index (κ1) is 18.8. The van der Waals surface area contributed by atoms with Crippen LogP contribution in [-0.4, -0.2) is 17.7 Å². The molecule has 3 aromatic rings. The van der Waals surface area contributed by atoms with Gasteiger partial charge in [-0.3, -0.25) is 9.59 Å². The molecule has 3 aromatic carbocycles. The number of carbonyl (C=O) groups is 3. The van der Waals surface area contributed by atoms with Crippen LogP contribution in [0.5, 0.6) is 0 Å². The van der Waals surface area contributed by atoms with Crippen molar-refractivity contribution in [2.24, 2.45) is 0 Å². The number of amides is 3. The molecule has 6 heteroatoms. The molecule has 0 aromatic heterocycles. The number of rotatable bonds is 5. The van der Waals surface area contributed by atoms with Gasteiger partial charge in [0, 0.05) is 22.6 Å². The predicted molar refractivity (Wildman–Crippen MR) is 110 cm³/mol. The van der Waals surface area contributed by atoms with Crippen LogP contribution in [0.4, 0.5) is 21.9 Å². The van der Waals surface area contributed by atoms with Gasteiger partial charge in [-0.15, -0.1) is 0 Å². The molecule has 3 amide bonds. The molecule has 28 heavy (non-hydrogen) atoms. The van der Waals surface area contributed by atoms with Crippen molar-refractivity contribution < 1.29 is 14.4 Å². The van der Waals surface area contributed by atoms with Crippen molar-refractivity contribution in [3.8, 4) is 0 Å². The Kier molecular flexibility index (Phi) is 5.81. The lowest BCUT2D eigenvalue weighted by atomic mass is 10.1. The maximum absolute atomic E-state index is 12.2. The SMILES string of the molecule is Cc1ccc(C(=O)C(=O)Nc2cccc(NC(=O)Nc3ccccc3)c2)cc1. The third kappa shape index (κ3) is 5.04. The van der Waals surface area contributed by atoms with Crippen molar-refractivity contribution in [3.63, 3.8) is 0 Å². The Morgan fingerprint density at radius 1 is 0.643 bits per heavy atom. The van der Waals surface area contributed by atoms with Crippen LogP contribution in [0.25, 0.3) is 0 Å². The van der Waals surface area contributed by atoms with Gasteiger partial charge in [0.25, 0.3) is 11.7 Å². The van der Waals surface area contributed by atoms with Gasteiger partial charge < -0.3 is 16.0 Å². The predicted octanol–water partition coefficient (Wildman–Crippen LogP) is 4.46. The molecule has 0 heterocycles. The minimum absolute atomic E-state index is 0.319. The van der Waals surface area contributed by atoms with Crippen LogP contribution in [0.3, 0.4) is 0 Å². The molecular formula is C22H19N3O3. The summed E-state index contributed by atoms with van der Waals surface area (Å²) in [6.07, 6.45) is 0. The largest absolute Gasteiger partial charge is 0.323 e. The van der Waals surface area contributed by atoms with Gasteiger partial charge in [0.1, 0.15) is 0 Å². The van der Waals surface area contributed by atoms with E-state index in [1.165, 1.54) is 0 Å². The summed E-state index contributed by atoms with van der Waals surface area (Å²) >= 11 is 0. The van der Waals surface area contributed by atoms with Crippen molar-refractivity contribution in [2.45, 2.75) is 6.92 Å². The number of hydrogen-bond donors (Lipinski definition) is 3. The summed E-state index contributed by atoms with van der Waals surface area (Å²) in [6, 6.07) is 22.0. The standard InChI is InChI=1S/C22H19N3O3/c1-15-10-12-16(13-11-15)20(26)21(27)23-18-8-5-9-19(14-18)25-22(28)24-17-6-3-2-4-7-17/h2-14H,1H3,(H,23,27)(H2,24,25,28). The average molecular weight is 373 g/mol. The molecule has 0 saturated heterocycles. The molecular weight excluding hydrogens is 354 g/mol. The Bertz CT molecular complexity index is 999. The summed E-state index contributed by atoms with van der Waals surface area (Å²) in [7, 11) is 0. The fourth-order valence-corrected chi connectivity index (χ4v) is 2.51. The molecule has 3 rings (SSSR count). The first-order valence-corrected chi connectivity index (χ1v) is 8.67. The first-order valence-electron chi connectivity index (χ1n) is 8.67. The van der Waals surface area contributed by atoms with Crippen molar-refractivity contribution in [2.75, 3.05) is 16.0 Å². The number of carbonyl (C=O) groups excluding carboxylic acids is 3. The molecule has 0 aliphatic heterocycles. The highest BCUT2D eigenvalue weighted by Gasteiger charge is 2.16. The lowest BCUT2D eigenvalue weighted by Gasteiger charge is -2.10. The van der Waals surface area contributed by atoms with Crippen molar-refractivity contribution in [1.29, 1.82) is 0 Å². The van der Waals surface area contributed by atoms with Crippen LogP contribution in [0.1, 0.15) is 15.9 Å². The number of ketones is 1. The van der Waals surface area contributed by atoms with E-state index >= 15 is 0 Å². The third-order valence-electron chi connectivity index (χ3n) is 3.93. The lowest BCUT2D eigenvalue weighted by molar-refractivity contribution is -0.112. The molecule has 0 atom stereocenters. The van der Waals surface area contributed by atoms with Crippen LogP contribution in [-0.2, 0) is 4.79 Å². The fraction of sp³-hybridized carbons (Fsp3) is 0.0455. The van der Waals surface area contributed by atoms with Gasteiger partial charge in [0.05, 0.1) is 0 Å². The maximum atomic E-state index is 12.2. The molecule has 140 valence electrons. The minimum atomic E-state index is -0.741. The van der Waals surface area contributed by atoms with E-state index in [1.807, 2.05) is 25.1 Å². The Morgan fingerprint density at radius 2 is 1.21 bits per heavy atom. The molecule has 0 aliphatic rings. The van der Waals surface area contributed by atoms with Crippen LogP contribution in [0.15, 0.2) is 78.9 Å². The summed E-state index contributed by atoms with van der Waals surface area (Å²) < 4.78 is 0. The summed E-state index contributed by atoms with van der Waals surface area (Å²) in [5.74, 6) is -1.37. The molecule has 0 radical (unpaired) electrons. The number of benzene rings is 3. The zero-order valence-corrected chi connectivity index (χ0v) is 15.2. The van der Waals surface area contributed by atoms with Crippen LogP contribution >= 0.6 is 0 Å². The molecule has 6 nitrogen and oxygen atoms in total. The van der Waals surface area contributed by atoms with Gasteiger partial charge in [-0.05, 0) is 37.3 Å². The zero-order chi connectivity index (χ0) is 19.9. The molecule has 0 saturated carbocycles. The normalized spacial score (nSPS) is 10.0. The van der Waals surface area contributed by atoms with Gasteiger partial charge in [-0.2, -0.15) is 0 Å². The maximum Gasteiger partial charge on any atom is 0.323 e. The van der Waals surface area contributed by atoms with E-state index in [-0.39, 0.29) is 0 Å². The second kappa shape index (κ2) is 8.64. The van der Waals surface area contributed by atoms with E-state index in [0.29, 0.717) is 22.6 Å². The summed E-state index contributed by atoms with van der Waals surface area (Å²) in [4.78, 5) is 36.5. The van der Waals surface area contributed by atoms with E-state index in [9.17, 15) is 14.4 Å². The number of anilines is 3. The van der Waals surface area contributed by atoms with Crippen molar-refractivity contribution in [3.05, 3.63) is 90.0 Å². The number of Topliss-reactive ketones (excluding diaryl/α,β-unsaturated/α-hetero) is 1. The van der Waals surface area contributed by atoms with Crippen LogP contribution in [0, 0.1) is 6.92 Å². The molecule has 0 bridgehead atoms. The summed E-state index contributed by atoms with van der Waals surface area (Å²) in [5, 5.41) is 7.95. The van der Waals surface area contributed by atoms with E-state index < -0.39 is 17.7 Å². The second-order valence-electron chi connectivity index (χ2n) is 6.18. The van der Waals surface area contributed by atoms with Gasteiger partial charge in [-0.25, -0.2) is 4.79 Å². The number of hydrogen-bond acceptors (Lipinski definition) is 3. The zero-order valence-electron chi connectivity index (χ0n) is 15.2. The quantitative estimate of drug-likeness (QED) is 0.456. The molecule has 0 fully saturated rings. The van der Waals surface area contributed by atoms with Crippen molar-refractivity contribution >= 4 is 34.8 Å². The Labute approximate surface area is 162 Å². The van der Waals surface area contributed by atoms with Crippen molar-refractivity contribution in [1.82, 2.24) is 0 Å². The fourth-order valence-electron chi connectivity index (χ4n) is 2.51. The Balaban J connectivity index is 1.62. The number of nitrogens with one attached hydrogen (secondary N) is 3. The van der Waals surface area contributed by atoms with Gasteiger partial charge >= 0.3 is 6.03 Å².